The van der Waals surface area contributed by atoms with Crippen LogP contribution < -0.4 is 0 Å². The maximum absolute atomic E-state index is 13.5. The van der Waals surface area contributed by atoms with E-state index in [2.05, 4.69) is 0 Å². The minimum atomic E-state index is -3.64. The first-order valence-electron chi connectivity index (χ1n) is 10.8. The largest absolute Gasteiger partial charge is 0.338 e. The molecule has 3 aliphatic heterocycles. The number of amides is 2. The van der Waals surface area contributed by atoms with Crippen molar-refractivity contribution in [2.75, 3.05) is 31.9 Å². The van der Waals surface area contributed by atoms with Crippen molar-refractivity contribution >= 4 is 33.6 Å². The molecule has 0 aromatic heterocycles. The molecule has 0 saturated carbocycles. The van der Waals surface area contributed by atoms with Crippen molar-refractivity contribution in [2.24, 2.45) is 0 Å². The number of nitrogens with zero attached hydrogens (tertiary/aromatic N) is 3. The third-order valence-corrected chi connectivity index (χ3v) is 10.9. The van der Waals surface area contributed by atoms with E-state index >= 15 is 0 Å². The second-order valence-electron chi connectivity index (χ2n) is 9.08. The van der Waals surface area contributed by atoms with Gasteiger partial charge in [0.1, 0.15) is 6.04 Å². The van der Waals surface area contributed by atoms with E-state index in [1.807, 2.05) is 40.7 Å². The summed E-state index contributed by atoms with van der Waals surface area (Å²) in [5.41, 5.74) is 3.51. The fourth-order valence-corrected chi connectivity index (χ4v) is 8.48. The molecule has 170 valence electrons. The molecule has 2 amide bonds. The van der Waals surface area contributed by atoms with Gasteiger partial charge in [0.25, 0.3) is 0 Å². The second kappa shape index (κ2) is 7.78. The third-order valence-electron chi connectivity index (χ3n) is 7.18. The molecule has 1 aromatic carbocycles. The van der Waals surface area contributed by atoms with Crippen molar-refractivity contribution < 1.29 is 18.0 Å². The molecule has 2 atom stereocenters. The number of benzene rings is 1. The average molecular weight is 466 g/mol. The van der Waals surface area contributed by atoms with E-state index in [-0.39, 0.29) is 29.8 Å². The van der Waals surface area contributed by atoms with E-state index in [0.717, 1.165) is 28.7 Å². The first-order valence-corrected chi connectivity index (χ1v) is 13.2. The number of piperazine rings is 1. The molecule has 0 N–H and O–H groups in total. The van der Waals surface area contributed by atoms with Crippen LogP contribution in [0.25, 0.3) is 0 Å². The number of sulfonamides is 1. The van der Waals surface area contributed by atoms with E-state index in [9.17, 15) is 18.0 Å². The zero-order valence-electron chi connectivity index (χ0n) is 18.9. The van der Waals surface area contributed by atoms with Crippen LogP contribution in [0.3, 0.4) is 0 Å². The molecule has 3 aliphatic rings. The molecule has 0 aliphatic carbocycles. The molecule has 3 fully saturated rings. The van der Waals surface area contributed by atoms with E-state index in [0.29, 0.717) is 30.2 Å². The molecule has 1 aromatic rings. The average Bonchev–Trinajstić information content (AvgIpc) is 3.22. The van der Waals surface area contributed by atoms with Crippen molar-refractivity contribution in [3.8, 4) is 0 Å². The zero-order chi connectivity index (χ0) is 22.7. The monoisotopic (exact) mass is 465 g/mol. The van der Waals surface area contributed by atoms with Crippen molar-refractivity contribution in [2.45, 2.75) is 63.3 Å². The lowest BCUT2D eigenvalue weighted by Crippen LogP contribution is -2.56. The van der Waals surface area contributed by atoms with Gasteiger partial charge >= 0.3 is 0 Å². The summed E-state index contributed by atoms with van der Waals surface area (Å²) in [6.45, 7) is 10.9. The summed E-state index contributed by atoms with van der Waals surface area (Å²) < 4.78 is 28.4. The Bertz CT molecular complexity index is 1020. The number of hydrogen-bond acceptors (Lipinski definition) is 5. The van der Waals surface area contributed by atoms with Gasteiger partial charge in [0, 0.05) is 38.4 Å². The molecule has 0 radical (unpaired) electrons. The molecule has 0 unspecified atom stereocenters. The molecule has 3 saturated heterocycles. The van der Waals surface area contributed by atoms with Crippen molar-refractivity contribution in [3.05, 3.63) is 28.3 Å². The van der Waals surface area contributed by atoms with Gasteiger partial charge in [-0.2, -0.15) is 4.31 Å². The first-order chi connectivity index (χ1) is 14.5. The number of thioether (sulfide) groups is 1. The van der Waals surface area contributed by atoms with E-state index < -0.39 is 16.1 Å². The van der Waals surface area contributed by atoms with Gasteiger partial charge in [-0.15, -0.1) is 11.8 Å². The SMILES string of the molecule is Cc1cc(C)c(C)c(S(=O)(=O)N2CCN(C(=O)[C@@H]3CS[C@]4(C)CCC(=O)N34)CC2)c1C. The number of aryl methyl sites for hydroxylation is 2. The predicted octanol–water partition coefficient (Wildman–Crippen LogP) is 2.21. The Morgan fingerprint density at radius 2 is 1.65 bits per heavy atom. The van der Waals surface area contributed by atoms with Crippen molar-refractivity contribution in [1.29, 1.82) is 0 Å². The van der Waals surface area contributed by atoms with Gasteiger partial charge in [0.05, 0.1) is 9.77 Å². The van der Waals surface area contributed by atoms with Crippen LogP contribution in [0.1, 0.15) is 42.0 Å². The van der Waals surface area contributed by atoms with Crippen LogP contribution in [0.5, 0.6) is 0 Å². The molecule has 3 heterocycles. The lowest BCUT2D eigenvalue weighted by Gasteiger charge is -2.38. The van der Waals surface area contributed by atoms with Crippen LogP contribution in [-0.2, 0) is 19.6 Å². The first kappa shape index (κ1) is 22.6. The van der Waals surface area contributed by atoms with Gasteiger partial charge < -0.3 is 9.80 Å². The van der Waals surface area contributed by atoms with Gasteiger partial charge in [0.2, 0.25) is 21.8 Å². The van der Waals surface area contributed by atoms with Crippen LogP contribution >= 0.6 is 11.8 Å². The van der Waals surface area contributed by atoms with Crippen LogP contribution in [0.4, 0.5) is 0 Å². The number of hydrogen-bond donors (Lipinski definition) is 0. The summed E-state index contributed by atoms with van der Waals surface area (Å²) in [5, 5.41) is 0. The third kappa shape index (κ3) is 3.58. The van der Waals surface area contributed by atoms with Crippen LogP contribution in [0.2, 0.25) is 0 Å². The zero-order valence-corrected chi connectivity index (χ0v) is 20.5. The highest BCUT2D eigenvalue weighted by atomic mass is 32.2. The molecule has 4 rings (SSSR count). The number of carbonyl (C=O) groups is 2. The van der Waals surface area contributed by atoms with Gasteiger partial charge in [-0.25, -0.2) is 8.42 Å². The summed E-state index contributed by atoms with van der Waals surface area (Å²) in [7, 11) is -3.64. The molecular formula is C22H31N3O4S2. The summed E-state index contributed by atoms with van der Waals surface area (Å²) in [4.78, 5) is 29.2. The van der Waals surface area contributed by atoms with E-state index in [1.54, 1.807) is 21.6 Å². The smallest absolute Gasteiger partial charge is 0.246 e. The summed E-state index contributed by atoms with van der Waals surface area (Å²) in [5.74, 6) is 0.607. The van der Waals surface area contributed by atoms with Crippen molar-refractivity contribution in [1.82, 2.24) is 14.1 Å². The highest BCUT2D eigenvalue weighted by molar-refractivity contribution is 8.01. The topological polar surface area (TPSA) is 78.0 Å². The Hall–Kier alpha value is -1.58. The van der Waals surface area contributed by atoms with Crippen LogP contribution in [0, 0.1) is 27.7 Å². The predicted molar refractivity (Wildman–Crippen MR) is 121 cm³/mol. The minimum absolute atomic E-state index is 0.0489. The molecule has 9 heteroatoms. The Morgan fingerprint density at radius 1 is 1.06 bits per heavy atom. The molecule has 31 heavy (non-hydrogen) atoms. The number of rotatable bonds is 3. The minimum Gasteiger partial charge on any atom is -0.338 e. The molecule has 0 bridgehead atoms. The Kier molecular flexibility index (Phi) is 5.67. The number of carbonyl (C=O) groups excluding carboxylic acids is 2. The highest BCUT2D eigenvalue weighted by Gasteiger charge is 2.53. The Labute approximate surface area is 189 Å². The van der Waals surface area contributed by atoms with Gasteiger partial charge in [0.15, 0.2) is 0 Å². The van der Waals surface area contributed by atoms with Crippen LogP contribution in [-0.4, -0.2) is 77.2 Å². The lowest BCUT2D eigenvalue weighted by atomic mass is 10.0. The van der Waals surface area contributed by atoms with E-state index in [4.69, 9.17) is 0 Å². The maximum Gasteiger partial charge on any atom is 0.246 e. The fraction of sp³-hybridized carbons (Fsp3) is 0.636. The molecule has 7 nitrogen and oxygen atoms in total. The Morgan fingerprint density at radius 3 is 2.23 bits per heavy atom. The second-order valence-corrected chi connectivity index (χ2v) is 12.5. The molecular weight excluding hydrogens is 434 g/mol. The summed E-state index contributed by atoms with van der Waals surface area (Å²) in [6, 6.07) is 1.59. The quantitative estimate of drug-likeness (QED) is 0.684. The van der Waals surface area contributed by atoms with E-state index in [1.165, 1.54) is 4.31 Å². The molecule has 0 spiro atoms. The lowest BCUT2D eigenvalue weighted by molar-refractivity contribution is -0.144. The Balaban J connectivity index is 1.49. The van der Waals surface area contributed by atoms with Gasteiger partial charge in [-0.05, 0) is 63.3 Å². The fourth-order valence-electron chi connectivity index (χ4n) is 5.06. The highest BCUT2D eigenvalue weighted by Crippen LogP contribution is 2.47. The number of fused-ring (bicyclic) bond motifs is 1. The van der Waals surface area contributed by atoms with Crippen molar-refractivity contribution in [3.63, 3.8) is 0 Å². The maximum atomic E-state index is 13.5. The standard InChI is InChI=1S/C22H31N3O4S2/c1-14-12-15(2)17(4)20(16(14)3)31(28,29)24-10-8-23(9-11-24)21(27)18-13-30-22(5)7-6-19(26)25(18)22/h12,18H,6-11,13H2,1-5H3/t18-,22+/m0/s1. The normalized spacial score (nSPS) is 27.1. The summed E-state index contributed by atoms with van der Waals surface area (Å²) in [6.07, 6.45) is 1.27. The van der Waals surface area contributed by atoms with Gasteiger partial charge in [-0.1, -0.05) is 6.07 Å². The van der Waals surface area contributed by atoms with Gasteiger partial charge in [-0.3, -0.25) is 9.59 Å². The van der Waals surface area contributed by atoms with Crippen LogP contribution in [0.15, 0.2) is 11.0 Å². The summed E-state index contributed by atoms with van der Waals surface area (Å²) >= 11 is 1.68.